The Morgan fingerprint density at radius 1 is 1.45 bits per heavy atom. The molecular formula is C14H14N4OS3. The molecule has 0 fully saturated rings. The average Bonchev–Trinajstić information content (AvgIpc) is 3.22. The van der Waals surface area contributed by atoms with Crippen LogP contribution in [0, 0.1) is 4.77 Å². The van der Waals surface area contributed by atoms with Gasteiger partial charge in [-0.05, 0) is 46.1 Å². The molecule has 0 aliphatic heterocycles. The third-order valence-corrected chi connectivity index (χ3v) is 5.13. The van der Waals surface area contributed by atoms with Crippen molar-refractivity contribution in [2.24, 2.45) is 0 Å². The summed E-state index contributed by atoms with van der Waals surface area (Å²) in [6.45, 7) is 0.783. The van der Waals surface area contributed by atoms with E-state index in [2.05, 4.69) is 10.2 Å². The average molecular weight is 350 g/mol. The molecule has 5 nitrogen and oxygen atoms in total. The fraction of sp³-hybridized carbons (Fsp3) is 0.214. The van der Waals surface area contributed by atoms with Crippen LogP contribution in [0.4, 0.5) is 0 Å². The van der Waals surface area contributed by atoms with Gasteiger partial charge in [-0.1, -0.05) is 6.07 Å². The molecule has 3 heterocycles. The summed E-state index contributed by atoms with van der Waals surface area (Å²) in [5, 5.41) is 13.0. The fourth-order valence-corrected chi connectivity index (χ4v) is 3.64. The Morgan fingerprint density at radius 2 is 2.32 bits per heavy atom. The van der Waals surface area contributed by atoms with Crippen LogP contribution in [0.1, 0.15) is 5.56 Å². The Hall–Kier alpha value is -1.77. The van der Waals surface area contributed by atoms with E-state index in [4.69, 9.17) is 12.2 Å². The lowest BCUT2D eigenvalue weighted by Crippen LogP contribution is -2.29. The number of carbonyl (C=O) groups excluding carboxylic acids is 1. The highest BCUT2D eigenvalue weighted by molar-refractivity contribution is 7.71. The first-order chi connectivity index (χ1) is 10.6. The number of rotatable bonds is 5. The number of nitrogens with zero attached hydrogens (tertiary/aromatic N) is 3. The minimum atomic E-state index is 0.00139. The van der Waals surface area contributed by atoms with Gasteiger partial charge in [0, 0.05) is 13.6 Å². The minimum absolute atomic E-state index is 0.00139. The van der Waals surface area contributed by atoms with E-state index in [1.54, 1.807) is 39.2 Å². The van der Waals surface area contributed by atoms with E-state index in [0.717, 1.165) is 10.4 Å². The summed E-state index contributed by atoms with van der Waals surface area (Å²) in [5.41, 5.74) is 1.13. The van der Waals surface area contributed by atoms with Crippen molar-refractivity contribution in [2.45, 2.75) is 13.1 Å². The maximum atomic E-state index is 12.4. The lowest BCUT2D eigenvalue weighted by Gasteiger charge is -2.17. The third kappa shape index (κ3) is 3.18. The monoisotopic (exact) mass is 350 g/mol. The zero-order valence-corrected chi connectivity index (χ0v) is 14.3. The van der Waals surface area contributed by atoms with Crippen LogP contribution in [0.3, 0.4) is 0 Å². The van der Waals surface area contributed by atoms with Gasteiger partial charge in [-0.3, -0.25) is 14.5 Å². The van der Waals surface area contributed by atoms with Crippen LogP contribution in [0.2, 0.25) is 0 Å². The number of hydrogen-bond acceptors (Lipinski definition) is 5. The Bertz CT molecular complexity index is 802. The molecule has 0 spiro atoms. The van der Waals surface area contributed by atoms with E-state index in [-0.39, 0.29) is 12.5 Å². The van der Waals surface area contributed by atoms with Gasteiger partial charge < -0.3 is 4.90 Å². The molecule has 0 atom stereocenters. The normalized spacial score (nSPS) is 10.8. The Kier molecular flexibility index (Phi) is 4.51. The second kappa shape index (κ2) is 6.55. The van der Waals surface area contributed by atoms with E-state index in [1.165, 1.54) is 0 Å². The van der Waals surface area contributed by atoms with Gasteiger partial charge in [-0.15, -0.1) is 11.3 Å². The summed E-state index contributed by atoms with van der Waals surface area (Å²) >= 11 is 8.45. The third-order valence-electron chi connectivity index (χ3n) is 3.22. The molecule has 1 amide bonds. The zero-order chi connectivity index (χ0) is 15.5. The number of carbonyl (C=O) groups is 1. The lowest BCUT2D eigenvalue weighted by molar-refractivity contribution is -0.131. The summed E-state index contributed by atoms with van der Waals surface area (Å²) < 4.78 is 2.20. The first-order valence-electron chi connectivity index (χ1n) is 6.59. The Balaban J connectivity index is 1.77. The zero-order valence-electron chi connectivity index (χ0n) is 11.9. The van der Waals surface area contributed by atoms with Gasteiger partial charge in [0.2, 0.25) is 5.91 Å². The van der Waals surface area contributed by atoms with Crippen molar-refractivity contribution in [3.8, 4) is 10.7 Å². The number of nitrogens with one attached hydrogen (secondary N) is 1. The van der Waals surface area contributed by atoms with Crippen LogP contribution < -0.4 is 0 Å². The number of hydrogen-bond donors (Lipinski definition) is 1. The quantitative estimate of drug-likeness (QED) is 0.718. The van der Waals surface area contributed by atoms with Crippen molar-refractivity contribution in [2.75, 3.05) is 7.05 Å². The van der Waals surface area contributed by atoms with Crippen LogP contribution >= 0.6 is 34.9 Å². The Morgan fingerprint density at radius 3 is 3.00 bits per heavy atom. The highest BCUT2D eigenvalue weighted by Gasteiger charge is 2.16. The summed E-state index contributed by atoms with van der Waals surface area (Å²) in [6.07, 6.45) is 0. The molecule has 3 rings (SSSR count). The maximum Gasteiger partial charge on any atom is 0.242 e. The van der Waals surface area contributed by atoms with Gasteiger partial charge in [0.05, 0.1) is 4.88 Å². The van der Waals surface area contributed by atoms with E-state index in [9.17, 15) is 4.79 Å². The second-order valence-corrected chi connectivity index (χ2v) is 6.91. The van der Waals surface area contributed by atoms with Crippen molar-refractivity contribution >= 4 is 40.8 Å². The van der Waals surface area contributed by atoms with E-state index in [1.807, 2.05) is 34.3 Å². The molecule has 1 N–H and O–H groups in total. The van der Waals surface area contributed by atoms with Crippen LogP contribution in [0.25, 0.3) is 10.7 Å². The number of aromatic nitrogens is 3. The van der Waals surface area contributed by atoms with Crippen LogP contribution in [-0.2, 0) is 17.9 Å². The predicted molar refractivity (Wildman–Crippen MR) is 91.5 cm³/mol. The largest absolute Gasteiger partial charge is 0.340 e. The van der Waals surface area contributed by atoms with Crippen LogP contribution in [-0.4, -0.2) is 32.6 Å². The van der Waals surface area contributed by atoms with Crippen LogP contribution in [0.15, 0.2) is 34.3 Å². The molecule has 3 aromatic heterocycles. The molecule has 0 unspecified atom stereocenters. The smallest absolute Gasteiger partial charge is 0.242 e. The van der Waals surface area contributed by atoms with Gasteiger partial charge in [-0.2, -0.15) is 16.4 Å². The number of likely N-dealkylation sites (N-methyl/N-ethyl adjacent to an activating group) is 1. The number of aromatic amines is 1. The first kappa shape index (κ1) is 15.1. The van der Waals surface area contributed by atoms with E-state index in [0.29, 0.717) is 17.1 Å². The fourth-order valence-electron chi connectivity index (χ4n) is 2.06. The molecule has 0 aliphatic rings. The molecular weight excluding hydrogens is 336 g/mol. The molecule has 0 aromatic carbocycles. The van der Waals surface area contributed by atoms with Crippen molar-refractivity contribution in [3.05, 3.63) is 44.7 Å². The molecule has 22 heavy (non-hydrogen) atoms. The summed E-state index contributed by atoms with van der Waals surface area (Å²) in [6, 6.07) is 5.94. The predicted octanol–water partition coefficient (Wildman–Crippen LogP) is 3.39. The SMILES string of the molecule is CN(Cc1ccsc1)C(=O)Cn1c(-c2cccs2)n[nH]c1=S. The van der Waals surface area contributed by atoms with Gasteiger partial charge in [0.1, 0.15) is 6.54 Å². The standard InChI is InChI=1S/C14H14N4OS3/c1-17(7-10-4-6-21-9-10)12(19)8-18-13(15-16-14(18)20)11-3-2-5-22-11/h2-6,9H,7-8H2,1H3,(H,16,20). The molecule has 0 aliphatic carbocycles. The highest BCUT2D eigenvalue weighted by Crippen LogP contribution is 2.22. The number of H-pyrrole nitrogens is 1. The first-order valence-corrected chi connectivity index (χ1v) is 8.82. The van der Waals surface area contributed by atoms with Gasteiger partial charge >= 0.3 is 0 Å². The van der Waals surface area contributed by atoms with Gasteiger partial charge in [0.25, 0.3) is 0 Å². The highest BCUT2D eigenvalue weighted by atomic mass is 32.1. The van der Waals surface area contributed by atoms with Crippen molar-refractivity contribution < 1.29 is 4.79 Å². The summed E-state index contributed by atoms with van der Waals surface area (Å²) in [7, 11) is 1.80. The number of amides is 1. The van der Waals surface area contributed by atoms with Gasteiger partial charge in [0.15, 0.2) is 10.6 Å². The van der Waals surface area contributed by atoms with E-state index >= 15 is 0 Å². The molecule has 0 saturated carbocycles. The van der Waals surface area contributed by atoms with Crippen molar-refractivity contribution in [1.29, 1.82) is 0 Å². The van der Waals surface area contributed by atoms with Crippen molar-refractivity contribution in [3.63, 3.8) is 0 Å². The molecule has 0 bridgehead atoms. The number of thiophene rings is 2. The molecule has 0 saturated heterocycles. The second-order valence-electron chi connectivity index (χ2n) is 4.80. The molecule has 114 valence electrons. The molecule has 8 heteroatoms. The van der Waals surface area contributed by atoms with Crippen LogP contribution in [0.5, 0.6) is 0 Å². The lowest BCUT2D eigenvalue weighted by atomic mass is 10.3. The van der Waals surface area contributed by atoms with Crippen molar-refractivity contribution in [1.82, 2.24) is 19.7 Å². The maximum absolute atomic E-state index is 12.4. The topological polar surface area (TPSA) is 53.9 Å². The summed E-state index contributed by atoms with van der Waals surface area (Å²) in [4.78, 5) is 15.1. The minimum Gasteiger partial charge on any atom is -0.340 e. The molecule has 0 radical (unpaired) electrons. The Labute approximate surface area is 140 Å². The molecule has 3 aromatic rings. The summed E-state index contributed by atoms with van der Waals surface area (Å²) in [5.74, 6) is 0.707. The van der Waals surface area contributed by atoms with Gasteiger partial charge in [-0.25, -0.2) is 0 Å². The van der Waals surface area contributed by atoms with E-state index < -0.39 is 0 Å².